The second kappa shape index (κ2) is 10.1. The molecule has 7 nitrogen and oxygen atoms in total. The van der Waals surface area contributed by atoms with Crippen molar-refractivity contribution in [3.8, 4) is 0 Å². The monoisotopic (exact) mass is 456 g/mol. The summed E-state index contributed by atoms with van der Waals surface area (Å²) < 4.78 is 32.5. The lowest BCUT2D eigenvalue weighted by atomic mass is 9.95. The largest absolute Gasteiger partial charge is 0.452 e. The second-order valence-corrected chi connectivity index (χ2v) is 10.5. The maximum absolute atomic E-state index is 12.9. The van der Waals surface area contributed by atoms with Crippen molar-refractivity contribution in [3.63, 3.8) is 0 Å². The highest BCUT2D eigenvalue weighted by Crippen LogP contribution is 2.26. The van der Waals surface area contributed by atoms with Gasteiger partial charge in [0.1, 0.15) is 0 Å². The van der Waals surface area contributed by atoms with E-state index in [1.807, 2.05) is 0 Å². The highest BCUT2D eigenvalue weighted by atomic mass is 35.5. The summed E-state index contributed by atoms with van der Waals surface area (Å²) in [5.74, 6) is -1.42. The molecule has 0 bridgehead atoms. The predicted octanol–water partition coefficient (Wildman–Crippen LogP) is 3.12. The first kappa shape index (κ1) is 23.0. The van der Waals surface area contributed by atoms with E-state index in [1.54, 1.807) is 6.92 Å². The number of nitrogens with one attached hydrogen (secondary N) is 1. The standard InChI is InChI=1S/C21H29ClN2O5S/c1-15(20(25)23-18-7-3-2-4-8-18)29-21(26)16-6-5-13-24(14-16)30(27,28)19-11-9-17(22)10-12-19/h9-12,15-16,18H,2-8,13-14H2,1H3,(H,23,25). The third-order valence-electron chi connectivity index (χ3n) is 5.78. The predicted molar refractivity (Wildman–Crippen MR) is 114 cm³/mol. The molecule has 1 aromatic carbocycles. The van der Waals surface area contributed by atoms with Crippen molar-refractivity contribution in [3.05, 3.63) is 29.3 Å². The lowest BCUT2D eigenvalue weighted by Crippen LogP contribution is -2.46. The Bertz CT molecular complexity index is 853. The Balaban J connectivity index is 1.57. The van der Waals surface area contributed by atoms with Gasteiger partial charge in [0.2, 0.25) is 10.0 Å². The van der Waals surface area contributed by atoms with E-state index in [0.717, 1.165) is 25.7 Å². The number of hydrogen-bond donors (Lipinski definition) is 1. The molecule has 1 aliphatic heterocycles. The fourth-order valence-electron chi connectivity index (χ4n) is 4.00. The van der Waals surface area contributed by atoms with Crippen molar-refractivity contribution in [1.82, 2.24) is 9.62 Å². The molecule has 2 atom stereocenters. The van der Waals surface area contributed by atoms with Crippen LogP contribution in [0.4, 0.5) is 0 Å². The fraction of sp³-hybridized carbons (Fsp3) is 0.619. The van der Waals surface area contributed by atoms with Gasteiger partial charge >= 0.3 is 5.97 Å². The smallest absolute Gasteiger partial charge is 0.311 e. The summed E-state index contributed by atoms with van der Waals surface area (Å²) in [4.78, 5) is 25.1. The highest BCUT2D eigenvalue weighted by molar-refractivity contribution is 7.89. The number of carbonyl (C=O) groups excluding carboxylic acids is 2. The first-order chi connectivity index (χ1) is 14.3. The number of rotatable bonds is 6. The van der Waals surface area contributed by atoms with E-state index < -0.39 is 28.0 Å². The molecule has 1 aliphatic carbocycles. The van der Waals surface area contributed by atoms with E-state index in [1.165, 1.54) is 35.0 Å². The van der Waals surface area contributed by atoms with Crippen LogP contribution >= 0.6 is 11.6 Å². The van der Waals surface area contributed by atoms with E-state index in [0.29, 0.717) is 24.4 Å². The molecule has 2 aliphatic rings. The van der Waals surface area contributed by atoms with Crippen molar-refractivity contribution in [2.75, 3.05) is 13.1 Å². The third-order valence-corrected chi connectivity index (χ3v) is 7.91. The number of piperidine rings is 1. The average molecular weight is 457 g/mol. The Morgan fingerprint density at radius 3 is 2.43 bits per heavy atom. The average Bonchev–Trinajstić information content (AvgIpc) is 2.74. The van der Waals surface area contributed by atoms with Crippen LogP contribution in [0.15, 0.2) is 29.2 Å². The molecule has 0 aromatic heterocycles. The molecule has 2 fully saturated rings. The zero-order valence-electron chi connectivity index (χ0n) is 17.2. The number of carbonyl (C=O) groups is 2. The second-order valence-electron chi connectivity index (χ2n) is 8.08. The van der Waals surface area contributed by atoms with Gasteiger partial charge in [-0.1, -0.05) is 30.9 Å². The van der Waals surface area contributed by atoms with Gasteiger partial charge in [-0.3, -0.25) is 9.59 Å². The Hall–Kier alpha value is -1.64. The van der Waals surface area contributed by atoms with E-state index in [9.17, 15) is 18.0 Å². The van der Waals surface area contributed by atoms with Crippen molar-refractivity contribution in [1.29, 1.82) is 0 Å². The maximum Gasteiger partial charge on any atom is 0.311 e. The van der Waals surface area contributed by atoms with Gasteiger partial charge in [0.25, 0.3) is 5.91 Å². The molecule has 1 aromatic rings. The van der Waals surface area contributed by atoms with Crippen LogP contribution in [0.3, 0.4) is 0 Å². The van der Waals surface area contributed by atoms with Gasteiger partial charge in [-0.05, 0) is 56.9 Å². The summed E-state index contributed by atoms with van der Waals surface area (Å²) in [5, 5.41) is 3.41. The summed E-state index contributed by atoms with van der Waals surface area (Å²) in [6, 6.07) is 6.10. The zero-order valence-corrected chi connectivity index (χ0v) is 18.8. The Morgan fingerprint density at radius 2 is 1.77 bits per heavy atom. The van der Waals surface area contributed by atoms with Crippen molar-refractivity contribution < 1.29 is 22.7 Å². The molecule has 3 rings (SSSR count). The quantitative estimate of drug-likeness (QED) is 0.664. The number of halogens is 1. The summed E-state index contributed by atoms with van der Waals surface area (Å²) in [6.07, 6.45) is 5.46. The van der Waals surface area contributed by atoms with Gasteiger partial charge in [-0.2, -0.15) is 4.31 Å². The molecule has 0 spiro atoms. The topological polar surface area (TPSA) is 92.8 Å². The van der Waals surface area contributed by atoms with Crippen LogP contribution in [-0.4, -0.2) is 49.8 Å². The molecule has 0 radical (unpaired) electrons. The zero-order chi connectivity index (χ0) is 21.7. The minimum absolute atomic E-state index is 0.0424. The van der Waals surface area contributed by atoms with Crippen molar-refractivity contribution in [2.24, 2.45) is 5.92 Å². The fourth-order valence-corrected chi connectivity index (χ4v) is 5.65. The Kier molecular flexibility index (Phi) is 7.76. The van der Waals surface area contributed by atoms with Gasteiger partial charge in [-0.25, -0.2) is 8.42 Å². The van der Waals surface area contributed by atoms with E-state index in [4.69, 9.17) is 16.3 Å². The Labute approximate surface area is 183 Å². The van der Waals surface area contributed by atoms with Gasteiger partial charge in [0.05, 0.1) is 10.8 Å². The number of nitrogens with zero attached hydrogens (tertiary/aromatic N) is 1. The number of ether oxygens (including phenoxy) is 1. The Morgan fingerprint density at radius 1 is 1.10 bits per heavy atom. The molecular formula is C21H29ClN2O5S. The number of esters is 1. The van der Waals surface area contributed by atoms with Crippen LogP contribution in [0.5, 0.6) is 0 Å². The number of sulfonamides is 1. The summed E-state index contributed by atoms with van der Waals surface area (Å²) in [5.41, 5.74) is 0. The van der Waals surface area contributed by atoms with Gasteiger partial charge in [-0.15, -0.1) is 0 Å². The molecule has 2 unspecified atom stereocenters. The minimum atomic E-state index is -3.72. The van der Waals surface area contributed by atoms with Crippen LogP contribution in [0.2, 0.25) is 5.02 Å². The van der Waals surface area contributed by atoms with E-state index >= 15 is 0 Å². The SMILES string of the molecule is CC(OC(=O)C1CCCN(S(=O)(=O)c2ccc(Cl)cc2)C1)C(=O)NC1CCCCC1. The van der Waals surface area contributed by atoms with E-state index in [-0.39, 0.29) is 23.4 Å². The molecule has 9 heteroatoms. The van der Waals surface area contributed by atoms with Crippen molar-refractivity contribution in [2.45, 2.75) is 68.9 Å². The van der Waals surface area contributed by atoms with Crippen LogP contribution in [0.1, 0.15) is 51.9 Å². The summed E-state index contributed by atoms with van der Waals surface area (Å²) in [6.45, 7) is 1.94. The first-order valence-electron chi connectivity index (χ1n) is 10.5. The number of benzene rings is 1. The van der Waals surface area contributed by atoms with Crippen LogP contribution in [0.25, 0.3) is 0 Å². The molecular weight excluding hydrogens is 428 g/mol. The lowest BCUT2D eigenvalue weighted by molar-refractivity contribution is -0.160. The first-order valence-corrected chi connectivity index (χ1v) is 12.4. The van der Waals surface area contributed by atoms with Crippen LogP contribution in [0, 0.1) is 5.92 Å². The van der Waals surface area contributed by atoms with Gasteiger partial charge < -0.3 is 10.1 Å². The summed E-state index contributed by atoms with van der Waals surface area (Å²) in [7, 11) is -3.72. The van der Waals surface area contributed by atoms with Crippen LogP contribution in [-0.2, 0) is 24.3 Å². The lowest BCUT2D eigenvalue weighted by Gasteiger charge is -2.31. The number of amides is 1. The molecule has 1 heterocycles. The summed E-state index contributed by atoms with van der Waals surface area (Å²) >= 11 is 5.85. The molecule has 30 heavy (non-hydrogen) atoms. The van der Waals surface area contributed by atoms with Crippen LogP contribution < -0.4 is 5.32 Å². The van der Waals surface area contributed by atoms with Gasteiger partial charge in [0.15, 0.2) is 6.10 Å². The van der Waals surface area contributed by atoms with E-state index in [2.05, 4.69) is 5.32 Å². The number of hydrogen-bond acceptors (Lipinski definition) is 5. The molecule has 1 N–H and O–H groups in total. The van der Waals surface area contributed by atoms with Gasteiger partial charge in [0, 0.05) is 24.2 Å². The molecule has 1 saturated carbocycles. The third kappa shape index (κ3) is 5.74. The molecule has 1 amide bonds. The normalized spacial score (nSPS) is 22.3. The highest BCUT2D eigenvalue weighted by Gasteiger charge is 2.35. The minimum Gasteiger partial charge on any atom is -0.452 e. The van der Waals surface area contributed by atoms with Crippen molar-refractivity contribution >= 4 is 33.5 Å². The molecule has 166 valence electrons. The maximum atomic E-state index is 12.9. The molecule has 1 saturated heterocycles.